The number of nitrogens with zero attached hydrogens (tertiary/aromatic N) is 1. The lowest BCUT2D eigenvalue weighted by Gasteiger charge is -2.07. The van der Waals surface area contributed by atoms with E-state index >= 15 is 0 Å². The minimum Gasteiger partial charge on any atom is -0.408 e. The third-order valence-corrected chi connectivity index (χ3v) is 4.02. The fourth-order valence-electron chi connectivity index (χ4n) is 2.36. The molecular weight excluding hydrogens is 316 g/mol. The van der Waals surface area contributed by atoms with Gasteiger partial charge in [0.2, 0.25) is 5.91 Å². The van der Waals surface area contributed by atoms with Crippen LogP contribution in [0.5, 0.6) is 0 Å². The maximum Gasteiger partial charge on any atom is 0.419 e. The van der Waals surface area contributed by atoms with Gasteiger partial charge < -0.3 is 9.73 Å². The lowest BCUT2D eigenvalue weighted by Crippen LogP contribution is -2.24. The molecule has 0 spiro atoms. The van der Waals surface area contributed by atoms with Gasteiger partial charge in [-0.25, -0.2) is 4.79 Å². The SMILES string of the molecule is Cn1c(=O)oc2ccc(CNC(=O)Cc3ccccc3Cl)cc21. The van der Waals surface area contributed by atoms with Crippen molar-refractivity contribution in [2.24, 2.45) is 7.05 Å². The smallest absolute Gasteiger partial charge is 0.408 e. The number of carbonyl (C=O) groups is 1. The first-order chi connectivity index (χ1) is 11.0. The van der Waals surface area contributed by atoms with Gasteiger partial charge in [-0.2, -0.15) is 0 Å². The molecule has 3 aromatic rings. The summed E-state index contributed by atoms with van der Waals surface area (Å²) in [6, 6.07) is 12.6. The number of aromatic nitrogens is 1. The molecule has 6 heteroatoms. The largest absolute Gasteiger partial charge is 0.419 e. The minimum absolute atomic E-state index is 0.112. The third-order valence-electron chi connectivity index (χ3n) is 3.65. The molecule has 1 heterocycles. The van der Waals surface area contributed by atoms with Crippen LogP contribution in [0.2, 0.25) is 5.02 Å². The second-order valence-corrected chi connectivity index (χ2v) is 5.68. The highest BCUT2D eigenvalue weighted by atomic mass is 35.5. The number of hydrogen-bond donors (Lipinski definition) is 1. The summed E-state index contributed by atoms with van der Waals surface area (Å²) in [6.45, 7) is 0.374. The summed E-state index contributed by atoms with van der Waals surface area (Å²) in [5.74, 6) is -0.515. The summed E-state index contributed by atoms with van der Waals surface area (Å²) in [5.41, 5.74) is 2.91. The molecule has 0 aliphatic carbocycles. The number of benzene rings is 2. The lowest BCUT2D eigenvalue weighted by molar-refractivity contribution is -0.120. The molecule has 0 bridgehead atoms. The van der Waals surface area contributed by atoms with Crippen molar-refractivity contribution in [3.05, 3.63) is 69.2 Å². The first-order valence-electron chi connectivity index (χ1n) is 7.13. The zero-order chi connectivity index (χ0) is 16.4. The van der Waals surface area contributed by atoms with Crippen LogP contribution >= 0.6 is 11.6 Å². The van der Waals surface area contributed by atoms with Crippen LogP contribution in [-0.2, 0) is 24.8 Å². The molecule has 1 amide bonds. The number of halogens is 1. The van der Waals surface area contributed by atoms with Gasteiger partial charge in [-0.05, 0) is 29.3 Å². The van der Waals surface area contributed by atoms with E-state index < -0.39 is 5.76 Å². The standard InChI is InChI=1S/C17H15ClN2O3/c1-20-14-8-11(6-7-15(14)23-17(20)22)10-19-16(21)9-12-4-2-3-5-13(12)18/h2-8H,9-10H2,1H3,(H,19,21). The maximum atomic E-state index is 12.0. The second kappa shape index (κ2) is 6.30. The average molecular weight is 331 g/mol. The number of amides is 1. The Kier molecular flexibility index (Phi) is 4.21. The number of fused-ring (bicyclic) bond motifs is 1. The predicted molar refractivity (Wildman–Crippen MR) is 88.5 cm³/mol. The van der Waals surface area contributed by atoms with Gasteiger partial charge in [-0.1, -0.05) is 35.9 Å². The zero-order valence-electron chi connectivity index (χ0n) is 12.5. The molecule has 0 aliphatic rings. The molecule has 5 nitrogen and oxygen atoms in total. The van der Waals surface area contributed by atoms with Crippen molar-refractivity contribution in [1.29, 1.82) is 0 Å². The first kappa shape index (κ1) is 15.4. The molecule has 0 aliphatic heterocycles. The number of rotatable bonds is 4. The summed E-state index contributed by atoms with van der Waals surface area (Å²) in [7, 11) is 1.65. The van der Waals surface area contributed by atoms with E-state index in [1.807, 2.05) is 30.3 Å². The van der Waals surface area contributed by atoms with Crippen LogP contribution in [-0.4, -0.2) is 10.5 Å². The van der Waals surface area contributed by atoms with Gasteiger partial charge in [0, 0.05) is 18.6 Å². The van der Waals surface area contributed by atoms with Crippen molar-refractivity contribution in [2.75, 3.05) is 0 Å². The van der Waals surface area contributed by atoms with E-state index in [1.54, 1.807) is 19.2 Å². The number of aryl methyl sites for hydroxylation is 1. The van der Waals surface area contributed by atoms with Crippen LogP contribution in [0.1, 0.15) is 11.1 Å². The summed E-state index contributed by atoms with van der Waals surface area (Å²) in [5, 5.41) is 3.43. The topological polar surface area (TPSA) is 64.2 Å². The summed E-state index contributed by atoms with van der Waals surface area (Å²) in [6.07, 6.45) is 0.228. The van der Waals surface area contributed by atoms with Crippen LogP contribution in [0.15, 0.2) is 51.7 Å². The molecule has 0 saturated carbocycles. The highest BCUT2D eigenvalue weighted by Gasteiger charge is 2.09. The highest BCUT2D eigenvalue weighted by Crippen LogP contribution is 2.16. The van der Waals surface area contributed by atoms with Crippen molar-refractivity contribution in [3.63, 3.8) is 0 Å². The predicted octanol–water partition coefficient (Wildman–Crippen LogP) is 2.64. The van der Waals surface area contributed by atoms with Gasteiger partial charge in [0.05, 0.1) is 11.9 Å². The van der Waals surface area contributed by atoms with Gasteiger partial charge in [0.1, 0.15) is 0 Å². The average Bonchev–Trinajstić information content (AvgIpc) is 2.82. The van der Waals surface area contributed by atoms with E-state index in [0.717, 1.165) is 11.1 Å². The summed E-state index contributed by atoms with van der Waals surface area (Å²) < 4.78 is 6.51. The molecule has 0 unspecified atom stereocenters. The van der Waals surface area contributed by atoms with Gasteiger partial charge >= 0.3 is 5.76 Å². The Morgan fingerprint density at radius 1 is 1.26 bits per heavy atom. The van der Waals surface area contributed by atoms with E-state index in [2.05, 4.69) is 5.32 Å². The first-order valence-corrected chi connectivity index (χ1v) is 7.51. The van der Waals surface area contributed by atoms with Crippen molar-refractivity contribution < 1.29 is 9.21 Å². The summed E-state index contributed by atoms with van der Waals surface area (Å²) in [4.78, 5) is 23.5. The number of carbonyl (C=O) groups excluding carboxylic acids is 1. The Morgan fingerprint density at radius 2 is 2.04 bits per heavy atom. The molecule has 3 rings (SSSR count). The molecular formula is C17H15ClN2O3. The van der Waals surface area contributed by atoms with E-state index in [9.17, 15) is 9.59 Å². The molecule has 23 heavy (non-hydrogen) atoms. The van der Waals surface area contributed by atoms with Crippen LogP contribution in [0, 0.1) is 0 Å². The number of hydrogen-bond acceptors (Lipinski definition) is 3. The van der Waals surface area contributed by atoms with Crippen molar-refractivity contribution in [3.8, 4) is 0 Å². The fraction of sp³-hybridized carbons (Fsp3) is 0.176. The van der Waals surface area contributed by atoms with E-state index in [4.69, 9.17) is 16.0 Å². The minimum atomic E-state index is -0.403. The Morgan fingerprint density at radius 3 is 2.83 bits per heavy atom. The van der Waals surface area contributed by atoms with Crippen molar-refractivity contribution >= 4 is 28.6 Å². The molecule has 2 aromatic carbocycles. The normalized spacial score (nSPS) is 10.9. The van der Waals surface area contributed by atoms with Crippen molar-refractivity contribution in [2.45, 2.75) is 13.0 Å². The number of nitrogens with one attached hydrogen (secondary N) is 1. The molecule has 1 N–H and O–H groups in total. The Hall–Kier alpha value is -2.53. The third kappa shape index (κ3) is 3.29. The Bertz CT molecular complexity index is 927. The highest BCUT2D eigenvalue weighted by molar-refractivity contribution is 6.31. The number of oxazole rings is 1. The van der Waals surface area contributed by atoms with Gasteiger partial charge in [0.15, 0.2) is 5.58 Å². The lowest BCUT2D eigenvalue weighted by atomic mass is 10.1. The summed E-state index contributed by atoms with van der Waals surface area (Å²) >= 11 is 6.05. The van der Waals surface area contributed by atoms with Crippen LogP contribution < -0.4 is 11.1 Å². The van der Waals surface area contributed by atoms with Crippen LogP contribution in [0.4, 0.5) is 0 Å². The van der Waals surface area contributed by atoms with Gasteiger partial charge in [-0.3, -0.25) is 9.36 Å². The maximum absolute atomic E-state index is 12.0. The van der Waals surface area contributed by atoms with E-state index in [1.165, 1.54) is 4.57 Å². The van der Waals surface area contributed by atoms with Gasteiger partial charge in [-0.15, -0.1) is 0 Å². The molecule has 0 radical (unpaired) electrons. The molecule has 0 saturated heterocycles. The molecule has 118 valence electrons. The Labute approximate surface area is 137 Å². The van der Waals surface area contributed by atoms with Crippen LogP contribution in [0.3, 0.4) is 0 Å². The molecule has 0 fully saturated rings. The van der Waals surface area contributed by atoms with Crippen molar-refractivity contribution in [1.82, 2.24) is 9.88 Å². The van der Waals surface area contributed by atoms with E-state index in [0.29, 0.717) is 22.7 Å². The monoisotopic (exact) mass is 330 g/mol. The van der Waals surface area contributed by atoms with Crippen LogP contribution in [0.25, 0.3) is 11.1 Å². The molecule has 0 atom stereocenters. The molecule has 1 aromatic heterocycles. The van der Waals surface area contributed by atoms with Gasteiger partial charge in [0.25, 0.3) is 0 Å². The zero-order valence-corrected chi connectivity index (χ0v) is 13.3. The Balaban J connectivity index is 1.68. The fourth-order valence-corrected chi connectivity index (χ4v) is 2.56. The second-order valence-electron chi connectivity index (χ2n) is 5.27. The quantitative estimate of drug-likeness (QED) is 0.800. The van der Waals surface area contributed by atoms with E-state index in [-0.39, 0.29) is 12.3 Å².